The lowest BCUT2D eigenvalue weighted by Gasteiger charge is -2.29. The number of anilines is 1. The zero-order valence-electron chi connectivity index (χ0n) is 11.8. The fraction of sp³-hybridized carbons (Fsp3) is 0.600. The highest BCUT2D eigenvalue weighted by Crippen LogP contribution is 2.41. The summed E-state index contributed by atoms with van der Waals surface area (Å²) in [6.45, 7) is 3.71. The summed E-state index contributed by atoms with van der Waals surface area (Å²) in [6.07, 6.45) is 3.48. The second-order valence-corrected chi connectivity index (χ2v) is 6.12. The Morgan fingerprint density at radius 1 is 1.35 bits per heavy atom. The third-order valence-corrected chi connectivity index (χ3v) is 4.88. The largest absolute Gasteiger partial charge is 0.365 e. The third-order valence-electron chi connectivity index (χ3n) is 4.88. The molecule has 2 N–H and O–H groups in total. The summed E-state index contributed by atoms with van der Waals surface area (Å²) in [5.41, 5.74) is 8.22. The highest BCUT2D eigenvalue weighted by Gasteiger charge is 2.40. The van der Waals surface area contributed by atoms with Crippen LogP contribution in [-0.4, -0.2) is 24.1 Å². The highest BCUT2D eigenvalue weighted by molar-refractivity contribution is 5.68. The van der Waals surface area contributed by atoms with Gasteiger partial charge in [0.25, 0.3) is 5.69 Å². The number of nitro groups is 1. The Morgan fingerprint density at radius 2 is 2.15 bits per heavy atom. The van der Waals surface area contributed by atoms with Crippen molar-refractivity contribution in [1.82, 2.24) is 0 Å². The van der Waals surface area contributed by atoms with Crippen molar-refractivity contribution in [2.24, 2.45) is 17.6 Å². The Labute approximate surface area is 118 Å². The first kappa shape index (κ1) is 13.4. The van der Waals surface area contributed by atoms with Crippen LogP contribution in [0.1, 0.15) is 24.8 Å². The van der Waals surface area contributed by atoms with Crippen LogP contribution in [-0.2, 0) is 0 Å². The molecule has 3 atom stereocenters. The Morgan fingerprint density at radius 3 is 2.85 bits per heavy atom. The van der Waals surface area contributed by atoms with E-state index in [-0.39, 0.29) is 16.7 Å². The zero-order valence-corrected chi connectivity index (χ0v) is 11.8. The Kier molecular flexibility index (Phi) is 3.38. The number of hydrogen-bond acceptors (Lipinski definition) is 4. The molecule has 1 saturated carbocycles. The maximum atomic E-state index is 11.3. The molecule has 5 heteroatoms. The minimum atomic E-state index is -0.274. The van der Waals surface area contributed by atoms with Crippen molar-refractivity contribution in [1.29, 1.82) is 0 Å². The van der Waals surface area contributed by atoms with E-state index in [0.717, 1.165) is 30.8 Å². The van der Waals surface area contributed by atoms with Crippen LogP contribution in [0.2, 0.25) is 0 Å². The van der Waals surface area contributed by atoms with Gasteiger partial charge in [0.05, 0.1) is 4.92 Å². The van der Waals surface area contributed by atoms with Gasteiger partial charge in [0.1, 0.15) is 5.69 Å². The average molecular weight is 275 g/mol. The first-order chi connectivity index (χ1) is 9.58. The number of nitrogens with two attached hydrogens (primary N) is 1. The van der Waals surface area contributed by atoms with Crippen molar-refractivity contribution >= 4 is 11.4 Å². The lowest BCUT2D eigenvalue weighted by atomic mass is 9.78. The number of nitro benzene ring substituents is 1. The maximum Gasteiger partial charge on any atom is 0.292 e. The monoisotopic (exact) mass is 275 g/mol. The van der Waals surface area contributed by atoms with E-state index >= 15 is 0 Å². The number of rotatable bonds is 2. The molecule has 1 aromatic rings. The molecule has 2 fully saturated rings. The van der Waals surface area contributed by atoms with E-state index in [1.807, 2.05) is 13.0 Å². The number of para-hydroxylation sites is 1. The molecule has 3 unspecified atom stereocenters. The van der Waals surface area contributed by atoms with Crippen LogP contribution in [0.25, 0.3) is 0 Å². The summed E-state index contributed by atoms with van der Waals surface area (Å²) in [6, 6.07) is 5.56. The smallest absolute Gasteiger partial charge is 0.292 e. The molecule has 1 saturated heterocycles. The van der Waals surface area contributed by atoms with Crippen molar-refractivity contribution in [3.63, 3.8) is 0 Å². The second kappa shape index (κ2) is 5.05. The van der Waals surface area contributed by atoms with Crippen molar-refractivity contribution in [2.45, 2.75) is 32.2 Å². The van der Waals surface area contributed by atoms with Gasteiger partial charge in [-0.2, -0.15) is 0 Å². The minimum Gasteiger partial charge on any atom is -0.365 e. The molecule has 0 radical (unpaired) electrons. The summed E-state index contributed by atoms with van der Waals surface area (Å²) in [5.74, 6) is 1.08. The zero-order chi connectivity index (χ0) is 14.3. The quantitative estimate of drug-likeness (QED) is 0.664. The minimum absolute atomic E-state index is 0.220. The number of fused-ring (bicyclic) bond motifs is 1. The molecule has 1 aromatic carbocycles. The van der Waals surface area contributed by atoms with Crippen LogP contribution >= 0.6 is 0 Å². The normalized spacial score (nSPS) is 29.3. The molecule has 0 aromatic heterocycles. The first-order valence-corrected chi connectivity index (χ1v) is 7.32. The Bertz CT molecular complexity index is 532. The SMILES string of the molecule is Cc1cccc([N+](=O)[O-])c1N1CC2CCCC(N)C2C1. The van der Waals surface area contributed by atoms with Crippen molar-refractivity contribution in [3.8, 4) is 0 Å². The van der Waals surface area contributed by atoms with Gasteiger partial charge in [-0.05, 0) is 37.2 Å². The molecule has 108 valence electrons. The summed E-state index contributed by atoms with van der Waals surface area (Å²) >= 11 is 0. The standard InChI is InChI=1S/C15H21N3O2/c1-10-4-2-7-14(18(19)20)15(10)17-8-11-5-3-6-13(16)12(11)9-17/h2,4,7,11-13H,3,5-6,8-9,16H2,1H3. The van der Waals surface area contributed by atoms with Gasteiger partial charge in [0, 0.05) is 25.2 Å². The summed E-state index contributed by atoms with van der Waals surface area (Å²) < 4.78 is 0. The van der Waals surface area contributed by atoms with E-state index in [1.165, 1.54) is 12.8 Å². The second-order valence-electron chi connectivity index (χ2n) is 6.12. The molecular weight excluding hydrogens is 254 g/mol. The average Bonchev–Trinajstić information content (AvgIpc) is 2.83. The van der Waals surface area contributed by atoms with Crippen molar-refractivity contribution < 1.29 is 4.92 Å². The first-order valence-electron chi connectivity index (χ1n) is 7.32. The fourth-order valence-electron chi connectivity index (χ4n) is 3.90. The number of hydrogen-bond donors (Lipinski definition) is 1. The van der Waals surface area contributed by atoms with E-state index in [0.29, 0.717) is 11.8 Å². The van der Waals surface area contributed by atoms with Crippen LogP contribution in [0.15, 0.2) is 18.2 Å². The molecule has 20 heavy (non-hydrogen) atoms. The van der Waals surface area contributed by atoms with Gasteiger partial charge in [-0.15, -0.1) is 0 Å². The lowest BCUT2D eigenvalue weighted by Crippen LogP contribution is -2.38. The van der Waals surface area contributed by atoms with Crippen LogP contribution < -0.4 is 10.6 Å². The van der Waals surface area contributed by atoms with Gasteiger partial charge in [-0.1, -0.05) is 18.6 Å². The summed E-state index contributed by atoms with van der Waals surface area (Å²) in [7, 11) is 0. The van der Waals surface area contributed by atoms with Crippen LogP contribution in [0.3, 0.4) is 0 Å². The van der Waals surface area contributed by atoms with Gasteiger partial charge in [0.2, 0.25) is 0 Å². The molecule has 1 heterocycles. The van der Waals surface area contributed by atoms with Gasteiger partial charge < -0.3 is 10.6 Å². The van der Waals surface area contributed by atoms with E-state index in [2.05, 4.69) is 4.90 Å². The highest BCUT2D eigenvalue weighted by atomic mass is 16.6. The van der Waals surface area contributed by atoms with Gasteiger partial charge in [-0.25, -0.2) is 0 Å². The predicted molar refractivity (Wildman–Crippen MR) is 78.9 cm³/mol. The molecular formula is C15H21N3O2. The van der Waals surface area contributed by atoms with E-state index in [1.54, 1.807) is 12.1 Å². The van der Waals surface area contributed by atoms with Crippen LogP contribution in [0.5, 0.6) is 0 Å². The lowest BCUT2D eigenvalue weighted by molar-refractivity contribution is -0.384. The molecule has 0 bridgehead atoms. The summed E-state index contributed by atoms with van der Waals surface area (Å²) in [4.78, 5) is 13.2. The Hall–Kier alpha value is -1.62. The topological polar surface area (TPSA) is 72.4 Å². The Balaban J connectivity index is 1.93. The fourth-order valence-corrected chi connectivity index (χ4v) is 3.90. The van der Waals surface area contributed by atoms with Crippen molar-refractivity contribution in [2.75, 3.05) is 18.0 Å². The number of benzene rings is 1. The molecule has 0 spiro atoms. The number of nitrogens with zero attached hydrogens (tertiary/aromatic N) is 2. The molecule has 1 aliphatic heterocycles. The third kappa shape index (κ3) is 2.16. The molecule has 0 amide bonds. The van der Waals surface area contributed by atoms with Crippen molar-refractivity contribution in [3.05, 3.63) is 33.9 Å². The van der Waals surface area contributed by atoms with Gasteiger partial charge in [-0.3, -0.25) is 10.1 Å². The van der Waals surface area contributed by atoms with Gasteiger partial charge in [0.15, 0.2) is 0 Å². The van der Waals surface area contributed by atoms with Crippen LogP contribution in [0, 0.1) is 28.9 Å². The van der Waals surface area contributed by atoms with Gasteiger partial charge >= 0.3 is 0 Å². The number of aryl methyl sites for hydroxylation is 1. The predicted octanol–water partition coefficient (Wildman–Crippen LogP) is 2.47. The van der Waals surface area contributed by atoms with E-state index in [4.69, 9.17) is 5.73 Å². The molecule has 2 aliphatic rings. The van der Waals surface area contributed by atoms with E-state index < -0.39 is 0 Å². The summed E-state index contributed by atoms with van der Waals surface area (Å²) in [5, 5.41) is 11.3. The van der Waals surface area contributed by atoms with E-state index in [9.17, 15) is 10.1 Å². The van der Waals surface area contributed by atoms with Crippen LogP contribution in [0.4, 0.5) is 11.4 Å². The molecule has 3 rings (SSSR count). The maximum absolute atomic E-state index is 11.3. The molecule has 5 nitrogen and oxygen atoms in total. The molecule has 1 aliphatic carbocycles.